The van der Waals surface area contributed by atoms with Crippen LogP contribution in [0, 0.1) is 0 Å². The molecule has 2 nitrogen and oxygen atoms in total. The van der Waals surface area contributed by atoms with Gasteiger partial charge >= 0.3 is 0 Å². The molecule has 6 heteroatoms. The van der Waals surface area contributed by atoms with Gasteiger partial charge in [0.15, 0.2) is 0 Å². The molecule has 1 rings (SSSR count). The fourth-order valence-corrected chi connectivity index (χ4v) is 2.66. The van der Waals surface area contributed by atoms with Crippen molar-refractivity contribution >= 4 is 46.7 Å². The van der Waals surface area contributed by atoms with E-state index in [1.807, 2.05) is 0 Å². The van der Waals surface area contributed by atoms with Crippen molar-refractivity contribution in [2.24, 2.45) is 0 Å². The maximum absolute atomic E-state index is 9.06. The predicted octanol–water partition coefficient (Wildman–Crippen LogP) is 1.64. The van der Waals surface area contributed by atoms with Gasteiger partial charge in [-0.3, -0.25) is 0 Å². The summed E-state index contributed by atoms with van der Waals surface area (Å²) in [6.07, 6.45) is 0. The van der Waals surface area contributed by atoms with E-state index >= 15 is 0 Å². The Bertz CT molecular complexity index is 115. The number of halogens is 3. The molecular formula is C4H6Cl3NOS. The molecule has 0 aromatic heterocycles. The van der Waals surface area contributed by atoms with Crippen molar-refractivity contribution in [3.8, 4) is 0 Å². The molecule has 3 atom stereocenters. The molecule has 0 radical (unpaired) electrons. The quantitative estimate of drug-likeness (QED) is 0.383. The molecular weight excluding hydrogens is 216 g/mol. The molecule has 60 valence electrons. The Hall–Kier alpha value is 1.14. The van der Waals surface area contributed by atoms with E-state index in [4.69, 9.17) is 40.1 Å². The highest BCUT2D eigenvalue weighted by Gasteiger charge is 2.32. The maximum Gasteiger partial charge on any atom is 0.125 e. The van der Waals surface area contributed by atoms with E-state index in [0.717, 1.165) is 0 Å². The third kappa shape index (κ3) is 2.06. The second-order valence-corrected chi connectivity index (χ2v) is 4.83. The number of alkyl halides is 2. The molecule has 0 saturated carbocycles. The molecule has 0 spiro atoms. The van der Waals surface area contributed by atoms with Gasteiger partial charge in [-0.25, -0.2) is 0 Å². The highest BCUT2D eigenvalue weighted by Crippen LogP contribution is 2.34. The van der Waals surface area contributed by atoms with Crippen LogP contribution in [0.3, 0.4) is 0 Å². The second kappa shape index (κ2) is 3.70. The Balaban J connectivity index is 2.49. The van der Waals surface area contributed by atoms with E-state index in [2.05, 4.69) is 0 Å². The van der Waals surface area contributed by atoms with Gasteiger partial charge in [0.05, 0.1) is 6.54 Å². The minimum atomic E-state index is -0.532. The van der Waals surface area contributed by atoms with Crippen molar-refractivity contribution in [2.75, 3.05) is 6.54 Å². The van der Waals surface area contributed by atoms with Crippen LogP contribution in [0.5, 0.6) is 0 Å². The first-order chi connectivity index (χ1) is 4.61. The van der Waals surface area contributed by atoms with Crippen molar-refractivity contribution in [2.45, 2.75) is 15.6 Å². The lowest BCUT2D eigenvalue weighted by Gasteiger charge is -2.31. The van der Waals surface area contributed by atoms with Gasteiger partial charge in [0.1, 0.15) is 15.6 Å². The third-order valence-corrected chi connectivity index (χ3v) is 3.84. The number of aliphatic hydroxyl groups excluding tert-OH is 1. The Morgan fingerprint density at radius 2 is 2.10 bits per heavy atom. The van der Waals surface area contributed by atoms with E-state index in [-0.39, 0.29) is 4.71 Å². The number of rotatable bonds is 0. The molecule has 0 aliphatic carbocycles. The Labute approximate surface area is 78.5 Å². The highest BCUT2D eigenvalue weighted by atomic mass is 35.5. The first-order valence-corrected chi connectivity index (χ1v) is 4.80. The highest BCUT2D eigenvalue weighted by molar-refractivity contribution is 8.01. The summed E-state index contributed by atoms with van der Waals surface area (Å²) >= 11 is 18.2. The van der Waals surface area contributed by atoms with Crippen LogP contribution in [-0.2, 0) is 0 Å². The standard InChI is InChI=1S/C4H6Cl3NOS/c5-3-4(6)10-2(9)1-8(3)7/h2-4,9H,1H2. The van der Waals surface area contributed by atoms with E-state index in [1.54, 1.807) is 0 Å². The number of hydrogen-bond donors (Lipinski definition) is 1. The zero-order chi connectivity index (χ0) is 7.72. The first kappa shape index (κ1) is 9.23. The summed E-state index contributed by atoms with van der Waals surface area (Å²) in [7, 11) is 0. The summed E-state index contributed by atoms with van der Waals surface area (Å²) in [5.41, 5.74) is -0.938. The largest absolute Gasteiger partial charge is 0.381 e. The van der Waals surface area contributed by atoms with Crippen molar-refractivity contribution in [3.63, 3.8) is 0 Å². The van der Waals surface area contributed by atoms with E-state index in [0.29, 0.717) is 6.54 Å². The number of thioether (sulfide) groups is 1. The van der Waals surface area contributed by atoms with Crippen LogP contribution in [-0.4, -0.2) is 31.7 Å². The number of aliphatic hydroxyl groups is 1. The topological polar surface area (TPSA) is 23.5 Å². The number of hydrogen-bond acceptors (Lipinski definition) is 3. The molecule has 1 heterocycles. The van der Waals surface area contributed by atoms with Gasteiger partial charge in [0.2, 0.25) is 0 Å². The van der Waals surface area contributed by atoms with Crippen LogP contribution in [0.4, 0.5) is 0 Å². The van der Waals surface area contributed by atoms with E-state index < -0.39 is 10.9 Å². The summed E-state index contributed by atoms with van der Waals surface area (Å²) in [5, 5.41) is 9.06. The van der Waals surface area contributed by atoms with Crippen LogP contribution in [0.2, 0.25) is 0 Å². The molecule has 0 bridgehead atoms. The summed E-state index contributed by atoms with van der Waals surface area (Å²) in [6.45, 7) is 0.351. The van der Waals surface area contributed by atoms with E-state index in [1.165, 1.54) is 16.2 Å². The molecule has 1 fully saturated rings. The minimum absolute atomic E-state index is 0.345. The van der Waals surface area contributed by atoms with Crippen LogP contribution in [0.15, 0.2) is 0 Å². The lowest BCUT2D eigenvalue weighted by Crippen LogP contribution is -2.40. The minimum Gasteiger partial charge on any atom is -0.381 e. The Morgan fingerprint density at radius 3 is 2.60 bits per heavy atom. The van der Waals surface area contributed by atoms with Crippen LogP contribution in [0.25, 0.3) is 0 Å². The fraction of sp³-hybridized carbons (Fsp3) is 1.00. The maximum atomic E-state index is 9.06. The van der Waals surface area contributed by atoms with Gasteiger partial charge in [0.25, 0.3) is 0 Å². The Morgan fingerprint density at radius 1 is 1.50 bits per heavy atom. The fourth-order valence-electron chi connectivity index (χ4n) is 0.635. The lowest BCUT2D eigenvalue weighted by molar-refractivity contribution is 0.213. The average molecular weight is 223 g/mol. The average Bonchev–Trinajstić information content (AvgIpc) is 1.82. The van der Waals surface area contributed by atoms with Gasteiger partial charge < -0.3 is 5.11 Å². The molecule has 0 aromatic carbocycles. The molecule has 10 heavy (non-hydrogen) atoms. The van der Waals surface area contributed by atoms with Gasteiger partial charge in [-0.2, -0.15) is 4.42 Å². The zero-order valence-corrected chi connectivity index (χ0v) is 7.96. The predicted molar refractivity (Wildman–Crippen MR) is 45.4 cm³/mol. The molecule has 3 unspecified atom stereocenters. The lowest BCUT2D eigenvalue weighted by atomic mass is 10.6. The Kier molecular flexibility index (Phi) is 3.41. The molecule has 1 aliphatic rings. The van der Waals surface area contributed by atoms with E-state index in [9.17, 15) is 0 Å². The monoisotopic (exact) mass is 221 g/mol. The molecule has 1 N–H and O–H groups in total. The summed E-state index contributed by atoms with van der Waals surface area (Å²) in [6, 6.07) is 0. The van der Waals surface area contributed by atoms with Crippen molar-refractivity contribution in [1.82, 2.24) is 4.42 Å². The molecule has 0 amide bonds. The van der Waals surface area contributed by atoms with Crippen molar-refractivity contribution < 1.29 is 5.11 Å². The van der Waals surface area contributed by atoms with Crippen molar-refractivity contribution in [3.05, 3.63) is 0 Å². The summed E-state index contributed by atoms with van der Waals surface area (Å²) in [5.74, 6) is 0. The van der Waals surface area contributed by atoms with Crippen LogP contribution < -0.4 is 0 Å². The van der Waals surface area contributed by atoms with Gasteiger partial charge in [-0.15, -0.1) is 35.0 Å². The third-order valence-electron chi connectivity index (χ3n) is 1.10. The SMILES string of the molecule is OC1CN(Cl)C(Cl)C(Cl)S1. The second-order valence-electron chi connectivity index (χ2n) is 1.90. The van der Waals surface area contributed by atoms with Gasteiger partial charge in [-0.1, -0.05) is 0 Å². The number of nitrogens with zero attached hydrogens (tertiary/aromatic N) is 1. The molecule has 1 saturated heterocycles. The van der Waals surface area contributed by atoms with Gasteiger partial charge in [-0.05, 0) is 11.8 Å². The summed E-state index contributed by atoms with van der Waals surface area (Å²) in [4.78, 5) is 0. The smallest absolute Gasteiger partial charge is 0.125 e. The van der Waals surface area contributed by atoms with Crippen LogP contribution in [0.1, 0.15) is 0 Å². The van der Waals surface area contributed by atoms with Crippen LogP contribution >= 0.6 is 46.7 Å². The zero-order valence-electron chi connectivity index (χ0n) is 4.88. The molecule has 1 aliphatic heterocycles. The normalized spacial score (nSPS) is 43.8. The first-order valence-electron chi connectivity index (χ1n) is 2.65. The summed E-state index contributed by atoms with van der Waals surface area (Å²) < 4.78 is 0.961. The van der Waals surface area contributed by atoms with Crippen molar-refractivity contribution in [1.29, 1.82) is 0 Å². The van der Waals surface area contributed by atoms with Gasteiger partial charge in [0, 0.05) is 0 Å². The molecule has 0 aromatic rings. The number of β-amino-alcohol motifs (C(OH)–C–C–N with tert-alkyl or cyclic N) is 1.